The number of aromatic hydroxyl groups is 1. The molecule has 1 fully saturated rings. The van der Waals surface area contributed by atoms with Crippen LogP contribution in [0.4, 0.5) is 14.5 Å². The Kier molecular flexibility index (Phi) is 10.0. The van der Waals surface area contributed by atoms with Crippen molar-refractivity contribution in [3.05, 3.63) is 131 Å². The van der Waals surface area contributed by atoms with Crippen LogP contribution in [0.1, 0.15) is 60.4 Å². The summed E-state index contributed by atoms with van der Waals surface area (Å²) in [5.41, 5.74) is 2.81. The second kappa shape index (κ2) is 14.3. The molecule has 1 unspecified atom stereocenters. The summed E-state index contributed by atoms with van der Waals surface area (Å²) in [6.07, 6.45) is -0.0779. The fourth-order valence-electron chi connectivity index (χ4n) is 5.92. The van der Waals surface area contributed by atoms with Crippen LogP contribution in [-0.4, -0.2) is 28.6 Å². The van der Waals surface area contributed by atoms with Gasteiger partial charge in [0.05, 0.1) is 24.7 Å². The molecule has 0 aliphatic carbocycles. The molecule has 6 nitrogen and oxygen atoms in total. The first-order chi connectivity index (χ1) is 21.3. The summed E-state index contributed by atoms with van der Waals surface area (Å²) in [7, 11) is 0. The lowest BCUT2D eigenvalue weighted by atomic mass is 9.80. The highest BCUT2D eigenvalue weighted by Gasteiger charge is 2.39. The van der Waals surface area contributed by atoms with Gasteiger partial charge in [0, 0.05) is 23.9 Å². The third kappa shape index (κ3) is 7.68. The van der Waals surface area contributed by atoms with Crippen LogP contribution in [0, 0.1) is 23.5 Å². The van der Waals surface area contributed by atoms with Crippen LogP contribution in [-0.2, 0) is 14.3 Å². The summed E-state index contributed by atoms with van der Waals surface area (Å²) >= 11 is 0. The van der Waals surface area contributed by atoms with Crippen molar-refractivity contribution < 1.29 is 33.3 Å². The fraction of sp³-hybridized carbons (Fsp3) is 0.278. The number of benzene rings is 4. The first-order valence-corrected chi connectivity index (χ1v) is 14.8. The number of halogens is 2. The lowest BCUT2D eigenvalue weighted by Crippen LogP contribution is -2.29. The molecule has 5 atom stereocenters. The van der Waals surface area contributed by atoms with Crippen molar-refractivity contribution >= 4 is 17.4 Å². The Balaban J connectivity index is 1.41. The zero-order valence-corrected chi connectivity index (χ0v) is 24.1. The van der Waals surface area contributed by atoms with Gasteiger partial charge in [-0.1, -0.05) is 54.6 Å². The van der Waals surface area contributed by atoms with Crippen LogP contribution in [0.15, 0.2) is 103 Å². The highest BCUT2D eigenvalue weighted by Crippen LogP contribution is 2.38. The van der Waals surface area contributed by atoms with Gasteiger partial charge in [0.2, 0.25) is 0 Å². The molecule has 0 bridgehead atoms. The first-order valence-electron chi connectivity index (χ1n) is 14.8. The van der Waals surface area contributed by atoms with Crippen molar-refractivity contribution in [3.8, 4) is 5.75 Å². The maximum atomic E-state index is 14.1. The molecule has 1 aliphatic heterocycles. The van der Waals surface area contributed by atoms with Gasteiger partial charge in [-0.15, -0.1) is 0 Å². The third-order valence-electron chi connectivity index (χ3n) is 8.36. The van der Waals surface area contributed by atoms with Gasteiger partial charge in [0.25, 0.3) is 0 Å². The molecule has 0 saturated carbocycles. The maximum Gasteiger partial charge on any atom is 0.309 e. The van der Waals surface area contributed by atoms with Gasteiger partial charge in [0.15, 0.2) is 0 Å². The lowest BCUT2D eigenvalue weighted by molar-refractivity contribution is -0.141. The van der Waals surface area contributed by atoms with E-state index >= 15 is 0 Å². The number of aliphatic hydroxyl groups excluding tert-OH is 1. The Morgan fingerprint density at radius 3 is 2.11 bits per heavy atom. The predicted octanol–water partition coefficient (Wildman–Crippen LogP) is 7.26. The monoisotopic (exact) mass is 599 g/mol. The van der Waals surface area contributed by atoms with Crippen molar-refractivity contribution in [1.29, 1.82) is 0 Å². The number of carbonyl (C=O) groups excluding carboxylic acids is 2. The predicted molar refractivity (Wildman–Crippen MR) is 163 cm³/mol. The second-order valence-electron chi connectivity index (χ2n) is 11.2. The van der Waals surface area contributed by atoms with Gasteiger partial charge in [-0.05, 0) is 84.5 Å². The van der Waals surface area contributed by atoms with E-state index in [1.54, 1.807) is 24.3 Å². The van der Waals surface area contributed by atoms with Crippen LogP contribution in [0.2, 0.25) is 0 Å². The Bertz CT molecular complexity index is 1530. The fourth-order valence-corrected chi connectivity index (χ4v) is 5.92. The molecule has 4 aromatic carbocycles. The van der Waals surface area contributed by atoms with Gasteiger partial charge in [0.1, 0.15) is 23.2 Å². The molecule has 3 N–H and O–H groups in total. The van der Waals surface area contributed by atoms with Gasteiger partial charge < -0.3 is 20.3 Å². The largest absolute Gasteiger partial charge is 0.508 e. The molecule has 1 heterocycles. The number of cyclic esters (lactones) is 1. The van der Waals surface area contributed by atoms with Crippen molar-refractivity contribution in [1.82, 2.24) is 0 Å². The number of aliphatic hydroxyl groups is 1. The molecule has 44 heavy (non-hydrogen) atoms. The number of hydrogen-bond donors (Lipinski definition) is 3. The number of ether oxygens (including phenoxy) is 1. The van der Waals surface area contributed by atoms with Gasteiger partial charge in [-0.25, -0.2) is 8.78 Å². The minimum Gasteiger partial charge on any atom is -0.508 e. The molecule has 1 aliphatic rings. The van der Waals surface area contributed by atoms with Crippen molar-refractivity contribution in [2.75, 3.05) is 11.9 Å². The van der Waals surface area contributed by atoms with Crippen molar-refractivity contribution in [3.63, 3.8) is 0 Å². The molecular formula is C36H35F2NO5. The minimum atomic E-state index is -0.940. The van der Waals surface area contributed by atoms with Crippen LogP contribution in [0.25, 0.3) is 0 Å². The molecule has 8 heteroatoms. The highest BCUT2D eigenvalue weighted by molar-refractivity contribution is 5.84. The topological polar surface area (TPSA) is 95.9 Å². The third-order valence-corrected chi connectivity index (χ3v) is 8.36. The van der Waals surface area contributed by atoms with E-state index in [9.17, 15) is 28.6 Å². The summed E-state index contributed by atoms with van der Waals surface area (Å²) in [6, 6.07) is 26.9. The molecule has 0 amide bonds. The minimum absolute atomic E-state index is 0.0654. The number of phenolic OH excluding ortho intramolecular Hbond substituents is 1. The normalized spacial score (nSPS) is 18.3. The number of ketones is 1. The van der Waals surface area contributed by atoms with Crippen molar-refractivity contribution in [2.24, 2.45) is 11.8 Å². The number of hydrogen-bond acceptors (Lipinski definition) is 6. The molecular weight excluding hydrogens is 564 g/mol. The Morgan fingerprint density at radius 1 is 0.841 bits per heavy atom. The van der Waals surface area contributed by atoms with E-state index in [2.05, 4.69) is 5.32 Å². The zero-order chi connectivity index (χ0) is 31.1. The Hall–Kier alpha value is -4.56. The van der Waals surface area contributed by atoms with E-state index < -0.39 is 35.6 Å². The van der Waals surface area contributed by atoms with Crippen LogP contribution in [0.5, 0.6) is 5.75 Å². The SMILES string of the molecule is O=C1OC[C@H](c2ccccc2)C1CCC(=O)[C@H](CC[C@H](O)c1ccc(F)cc1)[C@H](Nc1ccc(F)cc1)c1ccc(O)cc1. The van der Waals surface area contributed by atoms with E-state index in [1.165, 1.54) is 48.5 Å². The van der Waals surface area contributed by atoms with Gasteiger partial charge >= 0.3 is 5.97 Å². The summed E-state index contributed by atoms with van der Waals surface area (Å²) in [5.74, 6) is -2.48. The zero-order valence-electron chi connectivity index (χ0n) is 24.1. The van der Waals surface area contributed by atoms with Gasteiger partial charge in [-0.2, -0.15) is 0 Å². The number of esters is 1. The summed E-state index contributed by atoms with van der Waals surface area (Å²) in [5, 5.41) is 24.3. The maximum absolute atomic E-state index is 14.1. The average Bonchev–Trinajstić information content (AvgIpc) is 3.41. The van der Waals surface area contributed by atoms with Crippen LogP contribution in [0.3, 0.4) is 0 Å². The lowest BCUT2D eigenvalue weighted by Gasteiger charge is -2.30. The number of anilines is 1. The van der Waals surface area contributed by atoms with Gasteiger partial charge in [-0.3, -0.25) is 9.59 Å². The highest BCUT2D eigenvalue weighted by atomic mass is 19.1. The Morgan fingerprint density at radius 2 is 1.45 bits per heavy atom. The van der Waals surface area contributed by atoms with Crippen LogP contribution < -0.4 is 5.32 Å². The molecule has 1 saturated heterocycles. The van der Waals surface area contributed by atoms with E-state index in [0.717, 1.165) is 5.56 Å². The van der Waals surface area contributed by atoms with Crippen LogP contribution >= 0.6 is 0 Å². The summed E-state index contributed by atoms with van der Waals surface area (Å²) in [6.45, 7) is 0.261. The average molecular weight is 600 g/mol. The number of carbonyl (C=O) groups is 2. The van der Waals surface area contributed by atoms with E-state index in [4.69, 9.17) is 4.74 Å². The number of nitrogens with one attached hydrogen (secondary N) is 1. The standard InChI is InChI=1S/C36H35F2NO5/c37-26-10-6-24(7-11-26)33(41)20-19-31(34(42)21-18-30-32(22-44-36(30)43)23-4-2-1-3-5-23)35(25-8-16-29(40)17-9-25)39-28-14-12-27(38)13-15-28/h1-17,30-33,35,39-41H,18-22H2/t30?,31-,32+,33-,35+/m0/s1. The summed E-state index contributed by atoms with van der Waals surface area (Å²) in [4.78, 5) is 26.9. The smallest absolute Gasteiger partial charge is 0.309 e. The van der Waals surface area contributed by atoms with E-state index in [1.807, 2.05) is 30.3 Å². The molecule has 228 valence electrons. The van der Waals surface area contributed by atoms with E-state index in [-0.39, 0.29) is 49.3 Å². The van der Waals surface area contributed by atoms with E-state index in [0.29, 0.717) is 23.2 Å². The van der Waals surface area contributed by atoms with Crippen molar-refractivity contribution in [2.45, 2.75) is 43.7 Å². The molecule has 5 rings (SSSR count). The second-order valence-corrected chi connectivity index (χ2v) is 11.2. The first kappa shape index (κ1) is 30.9. The molecule has 0 aromatic heterocycles. The number of rotatable bonds is 13. The number of Topliss-reactive ketones (excluding diaryl/α,β-unsaturated/α-hetero) is 1. The molecule has 0 radical (unpaired) electrons. The quantitative estimate of drug-likeness (QED) is 0.140. The Labute approximate surface area is 255 Å². The number of phenols is 1. The molecule has 4 aromatic rings. The molecule has 0 spiro atoms. The summed E-state index contributed by atoms with van der Waals surface area (Å²) < 4.78 is 32.6.